The van der Waals surface area contributed by atoms with Gasteiger partial charge in [0.25, 0.3) is 0 Å². The highest BCUT2D eigenvalue weighted by atomic mass is 35.5. The van der Waals surface area contributed by atoms with E-state index in [1.54, 1.807) is 0 Å². The smallest absolute Gasteiger partial charge is 0.147 e. The Hall–Kier alpha value is -0.510. The van der Waals surface area contributed by atoms with Crippen LogP contribution in [0.3, 0.4) is 0 Å². The Morgan fingerprint density at radius 2 is 2.17 bits per heavy atom. The standard InChI is InChI=1S/C13H19Cl2N3/c1-9-7-18(8-12(9)17(2)3)13-11(15)4-10(5-14)6-16-13/h4,6,9,12H,5,7-8H2,1-3H3. The van der Waals surface area contributed by atoms with E-state index in [0.717, 1.165) is 24.5 Å². The summed E-state index contributed by atoms with van der Waals surface area (Å²) < 4.78 is 0. The molecule has 2 atom stereocenters. The SMILES string of the molecule is CC1CN(c2ncc(CCl)cc2Cl)CC1N(C)C. The molecule has 2 rings (SSSR count). The maximum Gasteiger partial charge on any atom is 0.147 e. The molecule has 0 radical (unpaired) electrons. The number of nitrogens with zero attached hydrogens (tertiary/aromatic N) is 3. The summed E-state index contributed by atoms with van der Waals surface area (Å²) >= 11 is 12.1. The molecule has 1 saturated heterocycles. The van der Waals surface area contributed by atoms with Crippen molar-refractivity contribution in [3.05, 3.63) is 22.8 Å². The van der Waals surface area contributed by atoms with Crippen LogP contribution >= 0.6 is 23.2 Å². The third kappa shape index (κ3) is 2.73. The van der Waals surface area contributed by atoms with Crippen LogP contribution in [0.25, 0.3) is 0 Å². The second-order valence-electron chi connectivity index (χ2n) is 5.20. The van der Waals surface area contributed by atoms with Crippen LogP contribution in [-0.2, 0) is 5.88 Å². The molecule has 0 saturated carbocycles. The molecule has 3 nitrogen and oxygen atoms in total. The van der Waals surface area contributed by atoms with Crippen molar-refractivity contribution in [1.29, 1.82) is 0 Å². The van der Waals surface area contributed by atoms with Gasteiger partial charge < -0.3 is 9.80 Å². The van der Waals surface area contributed by atoms with Crippen LogP contribution in [0.5, 0.6) is 0 Å². The first-order valence-electron chi connectivity index (χ1n) is 6.14. The van der Waals surface area contributed by atoms with Gasteiger partial charge in [-0.15, -0.1) is 11.6 Å². The summed E-state index contributed by atoms with van der Waals surface area (Å²) in [4.78, 5) is 8.98. The zero-order chi connectivity index (χ0) is 13.3. The fourth-order valence-corrected chi connectivity index (χ4v) is 3.03. The Bertz CT molecular complexity index is 423. The van der Waals surface area contributed by atoms with Gasteiger partial charge in [-0.25, -0.2) is 4.98 Å². The van der Waals surface area contributed by atoms with Crippen molar-refractivity contribution < 1.29 is 0 Å². The van der Waals surface area contributed by atoms with E-state index >= 15 is 0 Å². The van der Waals surface area contributed by atoms with Crippen molar-refractivity contribution in [2.75, 3.05) is 32.1 Å². The molecule has 1 aliphatic heterocycles. The molecule has 0 spiro atoms. The van der Waals surface area contributed by atoms with Crippen molar-refractivity contribution in [1.82, 2.24) is 9.88 Å². The molecule has 0 amide bonds. The molecule has 0 aromatic carbocycles. The molecule has 18 heavy (non-hydrogen) atoms. The highest BCUT2D eigenvalue weighted by Crippen LogP contribution is 2.30. The number of hydrogen-bond acceptors (Lipinski definition) is 3. The van der Waals surface area contributed by atoms with Crippen molar-refractivity contribution >= 4 is 29.0 Å². The van der Waals surface area contributed by atoms with Gasteiger partial charge in [-0.2, -0.15) is 0 Å². The molecule has 2 heterocycles. The Balaban J connectivity index is 2.18. The second-order valence-corrected chi connectivity index (χ2v) is 5.87. The quantitative estimate of drug-likeness (QED) is 0.797. The number of anilines is 1. The first-order valence-corrected chi connectivity index (χ1v) is 7.06. The number of halogens is 2. The van der Waals surface area contributed by atoms with E-state index in [9.17, 15) is 0 Å². The summed E-state index contributed by atoms with van der Waals surface area (Å²) in [5, 5.41) is 0.694. The molecular weight excluding hydrogens is 269 g/mol. The predicted octanol–water partition coefficient (Wildman–Crippen LogP) is 2.86. The van der Waals surface area contributed by atoms with Crippen LogP contribution in [0.2, 0.25) is 5.02 Å². The molecular formula is C13H19Cl2N3. The number of likely N-dealkylation sites (N-methyl/N-ethyl adjacent to an activating group) is 1. The van der Waals surface area contributed by atoms with E-state index in [0.29, 0.717) is 22.9 Å². The molecule has 0 aliphatic carbocycles. The van der Waals surface area contributed by atoms with Gasteiger partial charge in [0.05, 0.1) is 5.02 Å². The summed E-state index contributed by atoms with van der Waals surface area (Å²) in [6.07, 6.45) is 1.81. The molecule has 2 unspecified atom stereocenters. The lowest BCUT2D eigenvalue weighted by Gasteiger charge is -2.23. The van der Waals surface area contributed by atoms with Crippen LogP contribution in [0.4, 0.5) is 5.82 Å². The zero-order valence-corrected chi connectivity index (χ0v) is 12.5. The summed E-state index contributed by atoms with van der Waals surface area (Å²) in [5.74, 6) is 1.94. The first-order chi connectivity index (χ1) is 8.52. The van der Waals surface area contributed by atoms with Crippen LogP contribution in [0.1, 0.15) is 12.5 Å². The van der Waals surface area contributed by atoms with Gasteiger partial charge in [0.2, 0.25) is 0 Å². The van der Waals surface area contributed by atoms with Gasteiger partial charge >= 0.3 is 0 Å². The highest BCUT2D eigenvalue weighted by Gasteiger charge is 2.32. The van der Waals surface area contributed by atoms with Gasteiger partial charge in [0.15, 0.2) is 0 Å². The van der Waals surface area contributed by atoms with Crippen LogP contribution in [0.15, 0.2) is 12.3 Å². The molecule has 0 bridgehead atoms. The van der Waals surface area contributed by atoms with E-state index in [1.165, 1.54) is 0 Å². The number of pyridine rings is 1. The topological polar surface area (TPSA) is 19.4 Å². The largest absolute Gasteiger partial charge is 0.353 e. The fourth-order valence-electron chi connectivity index (χ4n) is 2.57. The molecule has 1 aromatic rings. The Labute approximate surface area is 119 Å². The van der Waals surface area contributed by atoms with Gasteiger partial charge in [-0.05, 0) is 31.6 Å². The minimum atomic E-state index is 0.448. The molecule has 1 fully saturated rings. The summed E-state index contributed by atoms with van der Waals surface area (Å²) in [6, 6.07) is 2.46. The molecule has 0 N–H and O–H groups in total. The van der Waals surface area contributed by atoms with Crippen molar-refractivity contribution in [2.45, 2.75) is 18.8 Å². The van der Waals surface area contributed by atoms with Gasteiger partial charge in [0, 0.05) is 31.2 Å². The number of aromatic nitrogens is 1. The second kappa shape index (κ2) is 5.64. The van der Waals surface area contributed by atoms with E-state index in [-0.39, 0.29) is 0 Å². The Morgan fingerprint density at radius 1 is 1.44 bits per heavy atom. The average molecular weight is 288 g/mol. The minimum absolute atomic E-state index is 0.448. The Kier molecular flexibility index (Phi) is 4.36. The third-order valence-corrected chi connectivity index (χ3v) is 4.15. The number of hydrogen-bond donors (Lipinski definition) is 0. The van der Waals surface area contributed by atoms with E-state index in [4.69, 9.17) is 23.2 Å². The predicted molar refractivity (Wildman–Crippen MR) is 77.7 cm³/mol. The molecule has 5 heteroatoms. The fraction of sp³-hybridized carbons (Fsp3) is 0.615. The van der Waals surface area contributed by atoms with E-state index < -0.39 is 0 Å². The van der Waals surface area contributed by atoms with Crippen molar-refractivity contribution in [3.8, 4) is 0 Å². The lowest BCUT2D eigenvalue weighted by atomic mass is 10.1. The molecule has 1 aromatic heterocycles. The van der Waals surface area contributed by atoms with Crippen LogP contribution in [0, 0.1) is 5.92 Å². The number of rotatable bonds is 3. The monoisotopic (exact) mass is 287 g/mol. The van der Waals surface area contributed by atoms with Gasteiger partial charge in [0.1, 0.15) is 5.82 Å². The summed E-state index contributed by atoms with van der Waals surface area (Å²) in [6.45, 7) is 4.24. The minimum Gasteiger partial charge on any atom is -0.353 e. The molecule has 1 aliphatic rings. The zero-order valence-electron chi connectivity index (χ0n) is 11.0. The Morgan fingerprint density at radius 3 is 2.67 bits per heavy atom. The normalized spacial score (nSPS) is 24.0. The van der Waals surface area contributed by atoms with Crippen molar-refractivity contribution in [3.63, 3.8) is 0 Å². The van der Waals surface area contributed by atoms with Crippen molar-refractivity contribution in [2.24, 2.45) is 5.92 Å². The molecule has 100 valence electrons. The van der Waals surface area contributed by atoms with Gasteiger partial charge in [-0.1, -0.05) is 18.5 Å². The third-order valence-electron chi connectivity index (χ3n) is 3.57. The number of alkyl halides is 1. The summed E-state index contributed by atoms with van der Waals surface area (Å²) in [5.41, 5.74) is 0.960. The lowest BCUT2D eigenvalue weighted by Crippen LogP contribution is -2.34. The van der Waals surface area contributed by atoms with E-state index in [2.05, 4.69) is 35.8 Å². The summed E-state index contributed by atoms with van der Waals surface area (Å²) in [7, 11) is 4.24. The van der Waals surface area contributed by atoms with Crippen LogP contribution < -0.4 is 4.90 Å². The lowest BCUT2D eigenvalue weighted by molar-refractivity contribution is 0.266. The van der Waals surface area contributed by atoms with Gasteiger partial charge in [-0.3, -0.25) is 0 Å². The van der Waals surface area contributed by atoms with E-state index in [1.807, 2.05) is 12.3 Å². The maximum atomic E-state index is 6.29. The first kappa shape index (κ1) is 13.9. The van der Waals surface area contributed by atoms with Crippen LogP contribution in [-0.4, -0.2) is 43.1 Å². The maximum absolute atomic E-state index is 6.29. The highest BCUT2D eigenvalue weighted by molar-refractivity contribution is 6.33. The average Bonchev–Trinajstić information content (AvgIpc) is 2.71.